The summed E-state index contributed by atoms with van der Waals surface area (Å²) < 4.78 is 64.0. The minimum Gasteiger partial charge on any atom is -0.394 e. The molecule has 2 N–H and O–H groups in total. The fourth-order valence-electron chi connectivity index (χ4n) is 2.20. The molecule has 0 aromatic heterocycles. The second-order valence-corrected chi connectivity index (χ2v) is 3.97. The number of hydrogen-bond donors (Lipinski definition) is 1. The van der Waals surface area contributed by atoms with E-state index in [1.165, 1.54) is 0 Å². The Kier molecular flexibility index (Phi) is 2.09. The van der Waals surface area contributed by atoms with Crippen LogP contribution >= 0.6 is 0 Å². The average Bonchev–Trinajstić information content (AvgIpc) is 2.86. The highest BCUT2D eigenvalue weighted by atomic mass is 19.4. The standard InChI is InChI=1S/C9H9F5N2/c1-16-7-5(6(15)9(12,13)14)3-2-4(3)8(7,10)11/h3-4H,2,15H2,1H3. The van der Waals surface area contributed by atoms with Crippen molar-refractivity contribution in [2.45, 2.75) is 18.5 Å². The van der Waals surface area contributed by atoms with Crippen molar-refractivity contribution in [2.75, 3.05) is 7.05 Å². The van der Waals surface area contributed by atoms with Crippen LogP contribution in [0.4, 0.5) is 22.0 Å². The van der Waals surface area contributed by atoms with Crippen molar-refractivity contribution < 1.29 is 22.0 Å². The monoisotopic (exact) mass is 240 g/mol. The Labute approximate surface area is 88.0 Å². The van der Waals surface area contributed by atoms with Gasteiger partial charge in [0.05, 0.1) is 0 Å². The van der Waals surface area contributed by atoms with Crippen molar-refractivity contribution in [1.29, 1.82) is 0 Å². The molecular formula is C9H9F5N2. The molecule has 0 aromatic carbocycles. The zero-order valence-corrected chi connectivity index (χ0v) is 8.28. The molecule has 0 radical (unpaired) electrons. The van der Waals surface area contributed by atoms with Gasteiger partial charge in [-0.3, -0.25) is 4.99 Å². The highest BCUT2D eigenvalue weighted by molar-refractivity contribution is 6.10. The molecule has 0 amide bonds. The van der Waals surface area contributed by atoms with Gasteiger partial charge in [0, 0.05) is 18.5 Å². The summed E-state index contributed by atoms with van der Waals surface area (Å²) in [6.45, 7) is 0. The van der Waals surface area contributed by atoms with Crippen LogP contribution in [0.5, 0.6) is 0 Å². The molecule has 0 aromatic rings. The summed E-state index contributed by atoms with van der Waals surface area (Å²) in [7, 11) is 1.05. The summed E-state index contributed by atoms with van der Waals surface area (Å²) in [5, 5.41) is 0. The van der Waals surface area contributed by atoms with Gasteiger partial charge in [-0.15, -0.1) is 0 Å². The van der Waals surface area contributed by atoms with Gasteiger partial charge in [0.2, 0.25) is 0 Å². The predicted octanol–water partition coefficient (Wildman–Crippen LogP) is 2.12. The SMILES string of the molecule is CN=C1C(=C(N)C(F)(F)F)C2CC2C1(F)F. The molecule has 2 aliphatic rings. The Morgan fingerprint density at radius 3 is 2.44 bits per heavy atom. The molecule has 2 atom stereocenters. The van der Waals surface area contributed by atoms with Gasteiger partial charge in [-0.25, -0.2) is 0 Å². The summed E-state index contributed by atoms with van der Waals surface area (Å²) in [6.07, 6.45) is -4.73. The lowest BCUT2D eigenvalue weighted by Crippen LogP contribution is -2.31. The molecule has 90 valence electrons. The number of rotatable bonds is 0. The second-order valence-electron chi connectivity index (χ2n) is 3.97. The summed E-state index contributed by atoms with van der Waals surface area (Å²) in [6, 6.07) is 0. The number of allylic oxidation sites excluding steroid dienone is 2. The van der Waals surface area contributed by atoms with Crippen molar-refractivity contribution in [3.05, 3.63) is 11.3 Å². The molecule has 2 saturated carbocycles. The van der Waals surface area contributed by atoms with Crippen LogP contribution < -0.4 is 5.73 Å². The van der Waals surface area contributed by atoms with E-state index >= 15 is 0 Å². The number of hydrogen-bond acceptors (Lipinski definition) is 2. The molecule has 2 fully saturated rings. The Morgan fingerprint density at radius 1 is 1.44 bits per heavy atom. The average molecular weight is 240 g/mol. The Balaban J connectivity index is 2.52. The molecule has 2 unspecified atom stereocenters. The number of nitrogens with two attached hydrogens (primary N) is 1. The Bertz CT molecular complexity index is 393. The quantitative estimate of drug-likeness (QED) is 0.647. The van der Waals surface area contributed by atoms with Crippen LogP contribution in [-0.4, -0.2) is 24.9 Å². The summed E-state index contributed by atoms with van der Waals surface area (Å²) in [5.74, 6) is -5.11. The molecule has 2 rings (SSSR count). The lowest BCUT2D eigenvalue weighted by atomic mass is 10.0. The highest BCUT2D eigenvalue weighted by Crippen LogP contribution is 2.62. The lowest BCUT2D eigenvalue weighted by molar-refractivity contribution is -0.0933. The first-order chi connectivity index (χ1) is 7.21. The molecule has 0 saturated heterocycles. The van der Waals surface area contributed by atoms with Crippen molar-refractivity contribution in [3.8, 4) is 0 Å². The third kappa shape index (κ3) is 1.33. The number of nitrogens with zero attached hydrogens (tertiary/aromatic N) is 1. The Hall–Kier alpha value is -1.14. The fourth-order valence-corrected chi connectivity index (χ4v) is 2.20. The Morgan fingerprint density at radius 2 is 2.00 bits per heavy atom. The normalized spacial score (nSPS) is 37.5. The van der Waals surface area contributed by atoms with E-state index < -0.39 is 40.9 Å². The van der Waals surface area contributed by atoms with Crippen LogP contribution in [0.25, 0.3) is 0 Å². The number of aliphatic imine (C=N–C) groups is 1. The largest absolute Gasteiger partial charge is 0.431 e. The lowest BCUT2D eigenvalue weighted by Gasteiger charge is -2.16. The van der Waals surface area contributed by atoms with Crippen molar-refractivity contribution >= 4 is 5.71 Å². The first kappa shape index (κ1) is 11.3. The molecule has 0 heterocycles. The number of halogens is 5. The van der Waals surface area contributed by atoms with Gasteiger partial charge >= 0.3 is 6.18 Å². The van der Waals surface area contributed by atoms with Crippen LogP contribution in [-0.2, 0) is 0 Å². The molecule has 0 aliphatic heterocycles. The van der Waals surface area contributed by atoms with Crippen LogP contribution in [0.2, 0.25) is 0 Å². The number of alkyl halides is 5. The maximum atomic E-state index is 13.5. The first-order valence-electron chi connectivity index (χ1n) is 4.63. The minimum atomic E-state index is -4.78. The van der Waals surface area contributed by atoms with E-state index in [-0.39, 0.29) is 6.42 Å². The van der Waals surface area contributed by atoms with Crippen LogP contribution in [0, 0.1) is 11.8 Å². The minimum absolute atomic E-state index is 0.0537. The molecule has 16 heavy (non-hydrogen) atoms. The van der Waals surface area contributed by atoms with Gasteiger partial charge < -0.3 is 5.73 Å². The molecule has 2 nitrogen and oxygen atoms in total. The smallest absolute Gasteiger partial charge is 0.394 e. The third-order valence-corrected chi connectivity index (χ3v) is 3.02. The molecule has 0 spiro atoms. The van der Waals surface area contributed by atoms with Crippen molar-refractivity contribution in [2.24, 2.45) is 22.6 Å². The molecule has 7 heteroatoms. The van der Waals surface area contributed by atoms with Crippen molar-refractivity contribution in [1.82, 2.24) is 0 Å². The van der Waals surface area contributed by atoms with E-state index in [2.05, 4.69) is 4.99 Å². The zero-order valence-electron chi connectivity index (χ0n) is 8.28. The van der Waals surface area contributed by atoms with Crippen LogP contribution in [0.15, 0.2) is 16.3 Å². The highest BCUT2D eigenvalue weighted by Gasteiger charge is 2.68. The first-order valence-corrected chi connectivity index (χ1v) is 4.63. The number of fused-ring (bicyclic) bond motifs is 1. The summed E-state index contributed by atoms with van der Waals surface area (Å²) in [5.41, 5.74) is 2.16. The van der Waals surface area contributed by atoms with Crippen molar-refractivity contribution in [3.63, 3.8) is 0 Å². The second kappa shape index (κ2) is 2.95. The van der Waals surface area contributed by atoms with E-state index in [0.717, 1.165) is 7.05 Å². The van der Waals surface area contributed by atoms with Gasteiger partial charge in [-0.1, -0.05) is 0 Å². The molecule has 0 bridgehead atoms. The topological polar surface area (TPSA) is 38.4 Å². The van der Waals surface area contributed by atoms with Gasteiger partial charge in [-0.05, 0) is 12.3 Å². The third-order valence-electron chi connectivity index (χ3n) is 3.02. The molecular weight excluding hydrogens is 231 g/mol. The maximum absolute atomic E-state index is 13.5. The van der Waals surface area contributed by atoms with Crippen LogP contribution in [0.1, 0.15) is 6.42 Å². The van der Waals surface area contributed by atoms with Crippen LogP contribution in [0.3, 0.4) is 0 Å². The van der Waals surface area contributed by atoms with E-state index in [0.29, 0.717) is 0 Å². The maximum Gasteiger partial charge on any atom is 0.431 e. The summed E-state index contributed by atoms with van der Waals surface area (Å²) in [4.78, 5) is 3.27. The predicted molar refractivity (Wildman–Crippen MR) is 47.2 cm³/mol. The van der Waals surface area contributed by atoms with E-state index in [9.17, 15) is 22.0 Å². The summed E-state index contributed by atoms with van der Waals surface area (Å²) >= 11 is 0. The van der Waals surface area contributed by atoms with Gasteiger partial charge in [-0.2, -0.15) is 22.0 Å². The van der Waals surface area contributed by atoms with E-state index in [4.69, 9.17) is 5.73 Å². The van der Waals surface area contributed by atoms with Gasteiger partial charge in [0.1, 0.15) is 11.4 Å². The fraction of sp³-hybridized carbons (Fsp3) is 0.667. The van der Waals surface area contributed by atoms with Gasteiger partial charge in [0.15, 0.2) is 0 Å². The van der Waals surface area contributed by atoms with E-state index in [1.54, 1.807) is 0 Å². The zero-order chi connectivity index (χ0) is 12.3. The van der Waals surface area contributed by atoms with Gasteiger partial charge in [0.25, 0.3) is 5.92 Å². The molecule has 2 aliphatic carbocycles. The van der Waals surface area contributed by atoms with E-state index in [1.807, 2.05) is 0 Å².